The van der Waals surface area contributed by atoms with E-state index in [0.717, 1.165) is 10.2 Å². The van der Waals surface area contributed by atoms with Gasteiger partial charge in [0.15, 0.2) is 9.84 Å². The molecule has 0 aromatic heterocycles. The van der Waals surface area contributed by atoms with Gasteiger partial charge in [0.25, 0.3) is 0 Å². The molecule has 1 aliphatic heterocycles. The summed E-state index contributed by atoms with van der Waals surface area (Å²) in [6.45, 7) is 1.70. The number of halogens is 2. The summed E-state index contributed by atoms with van der Waals surface area (Å²) in [6.07, 6.45) is 0.346. The molecule has 23 heavy (non-hydrogen) atoms. The minimum atomic E-state index is -3.33. The summed E-state index contributed by atoms with van der Waals surface area (Å²) < 4.78 is 25.9. The molecule has 0 spiro atoms. The summed E-state index contributed by atoms with van der Waals surface area (Å²) in [5, 5.41) is 4.39. The molecule has 1 heterocycles. The maximum Gasteiger partial charge on any atom is 0.182 e. The summed E-state index contributed by atoms with van der Waals surface area (Å²) in [5.41, 5.74) is 5.06. The van der Waals surface area contributed by atoms with Crippen molar-refractivity contribution in [3.8, 4) is 0 Å². The Morgan fingerprint density at radius 2 is 1.91 bits per heavy atom. The lowest BCUT2D eigenvalue weighted by atomic mass is 10.1. The van der Waals surface area contributed by atoms with E-state index in [2.05, 4.69) is 26.5 Å². The number of hydrogen-bond donors (Lipinski definition) is 1. The van der Waals surface area contributed by atoms with Crippen LogP contribution in [0.15, 0.2) is 56.9 Å². The molecule has 0 radical (unpaired) electrons. The molecule has 1 atom stereocenters. The molecule has 2 aromatic carbocycles. The van der Waals surface area contributed by atoms with Crippen LogP contribution in [-0.2, 0) is 9.84 Å². The van der Waals surface area contributed by atoms with Crippen LogP contribution in [0.3, 0.4) is 0 Å². The van der Waals surface area contributed by atoms with Crippen LogP contribution in [0.4, 0.5) is 5.69 Å². The van der Waals surface area contributed by atoms with E-state index in [1.807, 2.05) is 24.3 Å². The molecule has 7 heteroatoms. The molecule has 120 valence electrons. The monoisotopic (exact) mass is 412 g/mol. The molecule has 1 N–H and O–H groups in total. The number of anilines is 1. The summed E-state index contributed by atoms with van der Waals surface area (Å²) >= 11 is 9.41. The van der Waals surface area contributed by atoms with E-state index >= 15 is 0 Å². The quantitative estimate of drug-likeness (QED) is 0.738. The molecule has 0 fully saturated rings. The van der Waals surface area contributed by atoms with Crippen molar-refractivity contribution in [2.24, 2.45) is 5.10 Å². The molecule has 0 saturated heterocycles. The maximum atomic E-state index is 12.4. The molecular weight excluding hydrogens is 400 g/mol. The van der Waals surface area contributed by atoms with Gasteiger partial charge in [-0.2, -0.15) is 5.10 Å². The lowest BCUT2D eigenvalue weighted by molar-refractivity contribution is 0.582. The first-order valence-corrected chi connectivity index (χ1v) is 9.71. The molecule has 0 bridgehead atoms. The normalized spacial score (nSPS) is 21.0. The van der Waals surface area contributed by atoms with Gasteiger partial charge < -0.3 is 0 Å². The van der Waals surface area contributed by atoms with Gasteiger partial charge in [-0.05, 0) is 49.4 Å². The van der Waals surface area contributed by atoms with E-state index in [0.29, 0.717) is 22.7 Å². The third-order valence-electron chi connectivity index (χ3n) is 3.73. The molecule has 1 unspecified atom stereocenters. The lowest BCUT2D eigenvalue weighted by Gasteiger charge is -2.23. The predicted octanol–water partition coefficient (Wildman–Crippen LogP) is 4.48. The Bertz CT molecular complexity index is 879. The fourth-order valence-electron chi connectivity index (χ4n) is 2.45. The highest BCUT2D eigenvalue weighted by Crippen LogP contribution is 2.32. The fraction of sp³-hybridized carbons (Fsp3) is 0.188. The van der Waals surface area contributed by atoms with Gasteiger partial charge in [0.05, 0.1) is 21.5 Å². The van der Waals surface area contributed by atoms with E-state index in [4.69, 9.17) is 11.6 Å². The summed E-state index contributed by atoms with van der Waals surface area (Å²) in [5.74, 6) is 0. The summed E-state index contributed by atoms with van der Waals surface area (Å²) in [6, 6.07) is 12.4. The highest BCUT2D eigenvalue weighted by Gasteiger charge is 2.34. The van der Waals surface area contributed by atoms with Crippen molar-refractivity contribution in [2.45, 2.75) is 23.5 Å². The standard InChI is InChI=1S/C16H14BrClN2O2S/c1-10-8-15(20-19-13-5-2-11(17)3-6-13)14-9-12(18)4-7-16(14)23(10,21)22/h2-7,9-10,19H,8H2,1H3/b20-15+. The van der Waals surface area contributed by atoms with Crippen molar-refractivity contribution >= 4 is 48.8 Å². The van der Waals surface area contributed by atoms with Gasteiger partial charge in [-0.3, -0.25) is 5.43 Å². The van der Waals surface area contributed by atoms with Crippen molar-refractivity contribution in [1.29, 1.82) is 0 Å². The van der Waals surface area contributed by atoms with Crippen molar-refractivity contribution in [2.75, 3.05) is 5.43 Å². The van der Waals surface area contributed by atoms with E-state index in [-0.39, 0.29) is 4.90 Å². The molecule has 0 aliphatic carbocycles. The number of rotatable bonds is 2. The average Bonchev–Trinajstić information content (AvgIpc) is 2.51. The fourth-order valence-corrected chi connectivity index (χ4v) is 4.44. The van der Waals surface area contributed by atoms with Crippen molar-refractivity contribution < 1.29 is 8.42 Å². The minimum absolute atomic E-state index is 0.289. The third kappa shape index (κ3) is 3.29. The highest BCUT2D eigenvalue weighted by atomic mass is 79.9. The Morgan fingerprint density at radius 1 is 1.22 bits per heavy atom. The Morgan fingerprint density at radius 3 is 2.61 bits per heavy atom. The summed E-state index contributed by atoms with van der Waals surface area (Å²) in [4.78, 5) is 0.289. The van der Waals surface area contributed by atoms with Gasteiger partial charge in [-0.25, -0.2) is 8.42 Å². The second-order valence-corrected chi connectivity index (χ2v) is 9.06. The number of fused-ring (bicyclic) bond motifs is 1. The van der Waals surface area contributed by atoms with Gasteiger partial charge in [-0.1, -0.05) is 27.5 Å². The highest BCUT2D eigenvalue weighted by molar-refractivity contribution is 9.10. The first kappa shape index (κ1) is 16.5. The van der Waals surface area contributed by atoms with Gasteiger partial charge in [0.1, 0.15) is 0 Å². The second kappa shape index (κ2) is 6.26. The number of nitrogens with one attached hydrogen (secondary N) is 1. The van der Waals surface area contributed by atoms with Gasteiger partial charge >= 0.3 is 0 Å². The van der Waals surface area contributed by atoms with Gasteiger partial charge in [0, 0.05) is 21.5 Å². The van der Waals surface area contributed by atoms with Crippen LogP contribution in [0.1, 0.15) is 18.9 Å². The largest absolute Gasteiger partial charge is 0.278 e. The molecule has 0 saturated carbocycles. The number of nitrogens with zero attached hydrogens (tertiary/aromatic N) is 1. The maximum absolute atomic E-state index is 12.4. The Kier molecular flexibility index (Phi) is 4.49. The summed E-state index contributed by atoms with van der Waals surface area (Å²) in [7, 11) is -3.33. The average molecular weight is 414 g/mol. The van der Waals surface area contributed by atoms with Crippen LogP contribution in [0, 0.1) is 0 Å². The Labute approximate surface area is 148 Å². The molecule has 1 aliphatic rings. The van der Waals surface area contributed by atoms with Crippen LogP contribution in [-0.4, -0.2) is 19.4 Å². The SMILES string of the molecule is CC1C/C(=N\Nc2ccc(Br)cc2)c2cc(Cl)ccc2S1(=O)=O. The van der Waals surface area contributed by atoms with Crippen LogP contribution in [0.25, 0.3) is 0 Å². The molecule has 0 amide bonds. The smallest absolute Gasteiger partial charge is 0.182 e. The number of sulfone groups is 1. The Balaban J connectivity index is 2.01. The van der Waals surface area contributed by atoms with Crippen molar-refractivity contribution in [1.82, 2.24) is 0 Å². The van der Waals surface area contributed by atoms with E-state index in [1.165, 1.54) is 0 Å². The zero-order chi connectivity index (χ0) is 16.6. The molecular formula is C16H14BrClN2O2S. The van der Waals surface area contributed by atoms with E-state index in [1.54, 1.807) is 25.1 Å². The number of hydrogen-bond acceptors (Lipinski definition) is 4. The molecule has 3 rings (SSSR count). The zero-order valence-electron chi connectivity index (χ0n) is 12.3. The third-order valence-corrected chi connectivity index (χ3v) is 6.69. The Hall–Kier alpha value is -1.37. The molecule has 4 nitrogen and oxygen atoms in total. The first-order valence-electron chi connectivity index (χ1n) is 7.00. The topological polar surface area (TPSA) is 58.5 Å². The van der Waals surface area contributed by atoms with Crippen LogP contribution >= 0.6 is 27.5 Å². The van der Waals surface area contributed by atoms with E-state index in [9.17, 15) is 8.42 Å². The minimum Gasteiger partial charge on any atom is -0.278 e. The van der Waals surface area contributed by atoms with Crippen LogP contribution in [0.5, 0.6) is 0 Å². The van der Waals surface area contributed by atoms with Crippen molar-refractivity contribution in [3.63, 3.8) is 0 Å². The van der Waals surface area contributed by atoms with Crippen LogP contribution in [0.2, 0.25) is 5.02 Å². The van der Waals surface area contributed by atoms with Gasteiger partial charge in [0.2, 0.25) is 0 Å². The predicted molar refractivity (Wildman–Crippen MR) is 97.0 cm³/mol. The van der Waals surface area contributed by atoms with Crippen LogP contribution < -0.4 is 5.43 Å². The van der Waals surface area contributed by atoms with E-state index < -0.39 is 15.1 Å². The van der Waals surface area contributed by atoms with Crippen molar-refractivity contribution in [3.05, 3.63) is 57.5 Å². The first-order chi connectivity index (χ1) is 10.9. The zero-order valence-corrected chi connectivity index (χ0v) is 15.4. The lowest BCUT2D eigenvalue weighted by Crippen LogP contribution is -2.30. The number of hydrazone groups is 1. The number of benzene rings is 2. The second-order valence-electron chi connectivity index (χ2n) is 5.38. The van der Waals surface area contributed by atoms with Gasteiger partial charge in [-0.15, -0.1) is 0 Å². The molecule has 2 aromatic rings.